The maximum absolute atomic E-state index is 15.4. The van der Waals surface area contributed by atoms with E-state index in [4.69, 9.17) is 10.5 Å². The predicted molar refractivity (Wildman–Crippen MR) is 142 cm³/mol. The Hall–Kier alpha value is -4.05. The van der Waals surface area contributed by atoms with Crippen LogP contribution in [0.2, 0.25) is 0 Å². The molecule has 0 aliphatic carbocycles. The molecular weight excluding hydrogens is 488 g/mol. The molecule has 2 aliphatic rings. The summed E-state index contributed by atoms with van der Waals surface area (Å²) < 4.78 is 34.4. The molecule has 38 heavy (non-hydrogen) atoms. The van der Waals surface area contributed by atoms with Crippen LogP contribution >= 0.6 is 0 Å². The molecule has 4 heterocycles. The average molecular weight is 518 g/mol. The molecule has 0 radical (unpaired) electrons. The van der Waals surface area contributed by atoms with Crippen LogP contribution < -0.4 is 16.3 Å². The second-order valence-electron chi connectivity index (χ2n) is 10.3. The van der Waals surface area contributed by atoms with Gasteiger partial charge < -0.3 is 16.0 Å². The lowest BCUT2D eigenvalue weighted by molar-refractivity contribution is 0.458. The molecule has 10 heteroatoms. The molecule has 0 saturated carbocycles. The Labute approximate surface area is 218 Å². The van der Waals surface area contributed by atoms with Gasteiger partial charge in [0.05, 0.1) is 22.6 Å². The number of hydrogen-bond acceptors (Lipinski definition) is 5. The third-order valence-corrected chi connectivity index (χ3v) is 7.95. The van der Waals surface area contributed by atoms with Gasteiger partial charge in [-0.3, -0.25) is 9.13 Å². The van der Waals surface area contributed by atoms with E-state index in [1.807, 2.05) is 0 Å². The lowest BCUT2D eigenvalue weighted by atomic mass is 10.0. The minimum atomic E-state index is -0.666. The van der Waals surface area contributed by atoms with Crippen LogP contribution in [0.15, 0.2) is 41.5 Å². The first kappa shape index (κ1) is 24.3. The van der Waals surface area contributed by atoms with Gasteiger partial charge in [0.2, 0.25) is 0 Å². The summed E-state index contributed by atoms with van der Waals surface area (Å²) in [5.41, 5.74) is 3.59. The van der Waals surface area contributed by atoms with Crippen LogP contribution in [0, 0.1) is 36.8 Å². The summed E-state index contributed by atoms with van der Waals surface area (Å²) >= 11 is 0. The summed E-state index contributed by atoms with van der Waals surface area (Å²) in [7, 11) is 1.65. The smallest absolute Gasteiger partial charge is 0.338 e. The fourth-order valence-corrected chi connectivity index (χ4v) is 5.97. The van der Waals surface area contributed by atoms with E-state index in [0.29, 0.717) is 40.3 Å². The van der Waals surface area contributed by atoms with Gasteiger partial charge in [-0.1, -0.05) is 6.92 Å². The third-order valence-electron chi connectivity index (χ3n) is 7.95. The first-order valence-corrected chi connectivity index (χ1v) is 12.7. The molecule has 196 valence electrons. The van der Waals surface area contributed by atoms with Crippen molar-refractivity contribution in [2.45, 2.75) is 45.7 Å². The Morgan fingerprint density at radius 2 is 1.84 bits per heavy atom. The zero-order valence-electron chi connectivity index (χ0n) is 21.6. The molecule has 2 aliphatic heterocycles. The Morgan fingerprint density at radius 1 is 1.13 bits per heavy atom. The SMILES string of the molecule is CNc1ccc(-n2ccn(-c3c4c(nn3-c3cc(C)c(F)c(C)c3)CC3NC4C[C@@H]3C)c2=O)c(F)c1C=N. The number of halogens is 2. The molecule has 0 spiro atoms. The molecule has 2 unspecified atom stereocenters. The third kappa shape index (κ3) is 3.47. The molecule has 2 bridgehead atoms. The van der Waals surface area contributed by atoms with Crippen LogP contribution in [0.4, 0.5) is 14.5 Å². The van der Waals surface area contributed by atoms with Crippen LogP contribution in [0.25, 0.3) is 17.2 Å². The number of nitrogens with zero attached hydrogens (tertiary/aromatic N) is 4. The van der Waals surface area contributed by atoms with Crippen molar-refractivity contribution >= 4 is 11.9 Å². The van der Waals surface area contributed by atoms with Crippen LogP contribution in [-0.4, -0.2) is 38.2 Å². The maximum atomic E-state index is 15.4. The molecule has 4 aromatic rings. The maximum Gasteiger partial charge on any atom is 0.338 e. The van der Waals surface area contributed by atoms with Crippen molar-refractivity contribution in [3.63, 3.8) is 0 Å². The molecule has 2 aromatic carbocycles. The number of benzene rings is 2. The summed E-state index contributed by atoms with van der Waals surface area (Å²) in [5.74, 6) is 0.0962. The highest BCUT2D eigenvalue weighted by molar-refractivity contribution is 5.87. The molecule has 3 N–H and O–H groups in total. The number of nitrogens with one attached hydrogen (secondary N) is 3. The van der Waals surface area contributed by atoms with E-state index in [1.165, 1.54) is 21.4 Å². The Balaban J connectivity index is 1.58. The minimum Gasteiger partial charge on any atom is -0.388 e. The van der Waals surface area contributed by atoms with E-state index in [2.05, 4.69) is 17.6 Å². The van der Waals surface area contributed by atoms with E-state index in [1.54, 1.807) is 50.0 Å². The molecule has 2 aromatic heterocycles. The van der Waals surface area contributed by atoms with Crippen LogP contribution in [0.3, 0.4) is 0 Å². The Bertz CT molecular complexity index is 1640. The topological polar surface area (TPSA) is 92.7 Å². The van der Waals surface area contributed by atoms with Gasteiger partial charge in [0.25, 0.3) is 0 Å². The molecule has 6 rings (SSSR count). The first-order valence-electron chi connectivity index (χ1n) is 12.7. The number of fused-ring (bicyclic) bond motifs is 4. The van der Waals surface area contributed by atoms with Crippen molar-refractivity contribution in [2.75, 3.05) is 12.4 Å². The summed E-state index contributed by atoms with van der Waals surface area (Å²) in [4.78, 5) is 13.9. The zero-order valence-corrected chi connectivity index (χ0v) is 21.6. The normalized spacial score (nSPS) is 20.0. The number of aryl methyl sites for hydroxylation is 2. The van der Waals surface area contributed by atoms with Crippen LogP contribution in [0.5, 0.6) is 0 Å². The van der Waals surface area contributed by atoms with Crippen molar-refractivity contribution in [2.24, 2.45) is 5.92 Å². The van der Waals surface area contributed by atoms with E-state index in [-0.39, 0.29) is 23.1 Å². The van der Waals surface area contributed by atoms with Gasteiger partial charge in [0, 0.05) is 55.4 Å². The van der Waals surface area contributed by atoms with Gasteiger partial charge in [-0.05, 0) is 61.6 Å². The van der Waals surface area contributed by atoms with Crippen molar-refractivity contribution < 1.29 is 8.78 Å². The fourth-order valence-electron chi connectivity index (χ4n) is 5.97. The van der Waals surface area contributed by atoms with Gasteiger partial charge in [-0.15, -0.1) is 0 Å². The van der Waals surface area contributed by atoms with Crippen LogP contribution in [0.1, 0.15) is 47.3 Å². The molecule has 0 amide bonds. The quantitative estimate of drug-likeness (QED) is 0.344. The van der Waals surface area contributed by atoms with Gasteiger partial charge >= 0.3 is 5.69 Å². The fraction of sp³-hybridized carbons (Fsp3) is 0.321. The van der Waals surface area contributed by atoms with E-state index in [0.717, 1.165) is 30.3 Å². The van der Waals surface area contributed by atoms with E-state index in [9.17, 15) is 9.18 Å². The van der Waals surface area contributed by atoms with Gasteiger partial charge in [-0.25, -0.2) is 18.3 Å². The lowest BCUT2D eigenvalue weighted by Crippen LogP contribution is -2.34. The Morgan fingerprint density at radius 3 is 2.53 bits per heavy atom. The highest BCUT2D eigenvalue weighted by Gasteiger charge is 2.42. The summed E-state index contributed by atoms with van der Waals surface area (Å²) in [6.45, 7) is 5.63. The number of aromatic nitrogens is 4. The van der Waals surface area contributed by atoms with Gasteiger partial charge in [-0.2, -0.15) is 5.10 Å². The molecule has 1 saturated heterocycles. The highest BCUT2D eigenvalue weighted by Crippen LogP contribution is 2.42. The number of rotatable bonds is 5. The monoisotopic (exact) mass is 517 g/mol. The van der Waals surface area contributed by atoms with Crippen molar-refractivity contribution in [3.05, 3.63) is 86.7 Å². The largest absolute Gasteiger partial charge is 0.388 e. The number of imidazole rings is 1. The van der Waals surface area contributed by atoms with Gasteiger partial charge in [0.1, 0.15) is 11.6 Å². The first-order chi connectivity index (χ1) is 18.2. The molecule has 8 nitrogen and oxygen atoms in total. The summed E-state index contributed by atoms with van der Waals surface area (Å²) in [6, 6.07) is 6.95. The highest BCUT2D eigenvalue weighted by atomic mass is 19.1. The molecule has 3 atom stereocenters. The predicted octanol–water partition coefficient (Wildman–Crippen LogP) is 4.34. The summed E-state index contributed by atoms with van der Waals surface area (Å²) in [6.07, 6.45) is 5.70. The lowest BCUT2D eigenvalue weighted by Gasteiger charge is -2.22. The van der Waals surface area contributed by atoms with Crippen molar-refractivity contribution in [1.82, 2.24) is 24.2 Å². The second-order valence-corrected chi connectivity index (χ2v) is 10.3. The van der Waals surface area contributed by atoms with Gasteiger partial charge in [0.15, 0.2) is 5.82 Å². The standard InChI is InChI=1S/C28H29F2N7O/c1-14-11-21-24-22(12-20(14)33-21)34-37(17-9-15(2)25(29)16(3)10-17)27(24)36-8-7-35(28(36)38)23-6-5-19(32-4)18(13-31)26(23)30/h5-10,13-14,20-21,31-33H,11-12H2,1-4H3/t14-,20?,21?/m0/s1. The second kappa shape index (κ2) is 8.76. The average Bonchev–Trinajstić information content (AvgIpc) is 3.55. The minimum absolute atomic E-state index is 0.0246. The number of hydrogen-bond donors (Lipinski definition) is 3. The number of anilines is 1. The Kier molecular flexibility index (Phi) is 5.60. The van der Waals surface area contributed by atoms with E-state index >= 15 is 4.39 Å². The van der Waals surface area contributed by atoms with E-state index < -0.39 is 11.5 Å². The van der Waals surface area contributed by atoms with Crippen molar-refractivity contribution in [1.29, 1.82) is 5.41 Å². The van der Waals surface area contributed by atoms with Crippen LogP contribution in [-0.2, 0) is 6.42 Å². The summed E-state index contributed by atoms with van der Waals surface area (Å²) in [5, 5.41) is 19.1. The zero-order chi connectivity index (χ0) is 26.9. The van der Waals surface area contributed by atoms with Crippen molar-refractivity contribution in [3.8, 4) is 17.2 Å². The molecular formula is C28H29F2N7O. The molecule has 1 fully saturated rings.